The van der Waals surface area contributed by atoms with Gasteiger partial charge in [0.15, 0.2) is 6.19 Å². The van der Waals surface area contributed by atoms with Crippen molar-refractivity contribution < 1.29 is 4.79 Å². The number of nitriles is 1. The first-order valence-electron chi connectivity index (χ1n) is 7.07. The summed E-state index contributed by atoms with van der Waals surface area (Å²) in [5, 5.41) is 11.7. The van der Waals surface area contributed by atoms with Crippen molar-refractivity contribution in [3.05, 3.63) is 0 Å². The zero-order chi connectivity index (χ0) is 14.2. The van der Waals surface area contributed by atoms with Gasteiger partial charge in [-0.05, 0) is 6.42 Å². The maximum absolute atomic E-state index is 11.2. The molecular formula is C14H27N3O. The third kappa shape index (κ3) is 4.21. The van der Waals surface area contributed by atoms with Gasteiger partial charge in [-0.25, -0.2) is 0 Å². The first-order valence-corrected chi connectivity index (χ1v) is 7.07. The number of carbonyl (C=O) groups is 1. The van der Waals surface area contributed by atoms with Crippen LogP contribution in [-0.4, -0.2) is 29.4 Å². The van der Waals surface area contributed by atoms with E-state index >= 15 is 0 Å². The molecule has 2 rings (SSSR count). The third-order valence-electron chi connectivity index (χ3n) is 3.00. The van der Waals surface area contributed by atoms with Crippen molar-refractivity contribution in [3.63, 3.8) is 0 Å². The van der Waals surface area contributed by atoms with E-state index in [4.69, 9.17) is 5.26 Å². The van der Waals surface area contributed by atoms with Gasteiger partial charge in [0.2, 0.25) is 5.91 Å². The fourth-order valence-electron chi connectivity index (χ4n) is 2.12. The minimum atomic E-state index is -0.0389. The number of rotatable bonds is 2. The van der Waals surface area contributed by atoms with Gasteiger partial charge >= 0.3 is 0 Å². The van der Waals surface area contributed by atoms with Gasteiger partial charge in [0, 0.05) is 18.9 Å². The summed E-state index contributed by atoms with van der Waals surface area (Å²) in [6, 6.07) is 0. The predicted molar refractivity (Wildman–Crippen MR) is 73.8 cm³/mol. The van der Waals surface area contributed by atoms with E-state index in [0.717, 1.165) is 13.0 Å². The van der Waals surface area contributed by atoms with Crippen molar-refractivity contribution in [2.45, 2.75) is 59.4 Å². The van der Waals surface area contributed by atoms with Gasteiger partial charge in [0.1, 0.15) is 0 Å². The van der Waals surface area contributed by atoms with Crippen LogP contribution in [0.4, 0.5) is 0 Å². The Balaban J connectivity index is 0.000000509. The van der Waals surface area contributed by atoms with Crippen LogP contribution in [0.5, 0.6) is 0 Å². The number of carbonyl (C=O) groups excluding carboxylic acids is 1. The number of hydrogen-bond donors (Lipinski definition) is 1. The van der Waals surface area contributed by atoms with Gasteiger partial charge in [0.25, 0.3) is 0 Å². The van der Waals surface area contributed by atoms with Crippen molar-refractivity contribution in [3.8, 4) is 6.19 Å². The first-order chi connectivity index (χ1) is 8.61. The first kappa shape index (κ1) is 16.8. The van der Waals surface area contributed by atoms with Crippen LogP contribution in [0, 0.1) is 17.4 Å². The fourth-order valence-corrected chi connectivity index (χ4v) is 2.12. The van der Waals surface area contributed by atoms with Crippen LogP contribution in [0.1, 0.15) is 53.9 Å². The molecule has 104 valence electrons. The van der Waals surface area contributed by atoms with Gasteiger partial charge in [-0.2, -0.15) is 5.26 Å². The highest BCUT2D eigenvalue weighted by molar-refractivity contribution is 5.77. The summed E-state index contributed by atoms with van der Waals surface area (Å²) in [6.45, 7) is 11.6. The Morgan fingerprint density at radius 2 is 2.00 bits per heavy atom. The van der Waals surface area contributed by atoms with Crippen molar-refractivity contribution >= 4 is 5.91 Å². The predicted octanol–water partition coefficient (Wildman–Crippen LogP) is 2.51. The summed E-state index contributed by atoms with van der Waals surface area (Å²) in [5.41, 5.74) is -0.0389. The molecule has 1 saturated heterocycles. The summed E-state index contributed by atoms with van der Waals surface area (Å²) in [6.07, 6.45) is 4.95. The molecule has 2 atom stereocenters. The summed E-state index contributed by atoms with van der Waals surface area (Å²) in [4.78, 5) is 12.9. The lowest BCUT2D eigenvalue weighted by Crippen LogP contribution is -2.41. The van der Waals surface area contributed by atoms with E-state index < -0.39 is 0 Å². The van der Waals surface area contributed by atoms with E-state index in [1.54, 1.807) is 4.90 Å². The lowest BCUT2D eigenvalue weighted by Gasteiger charge is -2.16. The Hall–Kier alpha value is -1.24. The minimum Gasteiger partial charge on any atom is -0.348 e. The third-order valence-corrected chi connectivity index (χ3v) is 3.00. The Morgan fingerprint density at radius 1 is 1.44 bits per heavy atom. The number of piperidine rings is 1. The average molecular weight is 253 g/mol. The van der Waals surface area contributed by atoms with Gasteiger partial charge in [0.05, 0.1) is 12.1 Å². The van der Waals surface area contributed by atoms with Crippen molar-refractivity contribution in [1.82, 2.24) is 10.2 Å². The number of amides is 1. The largest absolute Gasteiger partial charge is 0.348 e. The topological polar surface area (TPSA) is 56.1 Å². The molecule has 18 heavy (non-hydrogen) atoms. The molecular weight excluding hydrogens is 226 g/mol. The Bertz CT molecular complexity index is 298. The van der Waals surface area contributed by atoms with E-state index in [9.17, 15) is 4.79 Å². The summed E-state index contributed by atoms with van der Waals surface area (Å²) in [5.74, 6) is 0.616. The second kappa shape index (κ2) is 7.97. The Labute approximate surface area is 111 Å². The van der Waals surface area contributed by atoms with Crippen LogP contribution >= 0.6 is 0 Å². The molecule has 2 fully saturated rings. The maximum atomic E-state index is 11.2. The molecule has 0 aromatic rings. The number of hydrogen-bond acceptors (Lipinski definition) is 3. The molecule has 4 heteroatoms. The van der Waals surface area contributed by atoms with Crippen LogP contribution in [0.2, 0.25) is 0 Å². The van der Waals surface area contributed by atoms with Crippen LogP contribution in [-0.2, 0) is 4.79 Å². The molecule has 1 aliphatic carbocycles. The van der Waals surface area contributed by atoms with E-state index in [1.165, 1.54) is 6.42 Å². The zero-order valence-corrected chi connectivity index (χ0v) is 12.4. The maximum Gasteiger partial charge on any atom is 0.220 e. The normalized spacial score (nSPS) is 26.7. The van der Waals surface area contributed by atoms with Gasteiger partial charge in [-0.3, -0.25) is 4.79 Å². The highest BCUT2D eigenvalue weighted by Crippen LogP contribution is 2.49. The molecule has 2 aliphatic rings. The van der Waals surface area contributed by atoms with Gasteiger partial charge in [-0.1, -0.05) is 41.0 Å². The highest BCUT2D eigenvalue weighted by atomic mass is 16.1. The molecule has 0 aromatic carbocycles. The smallest absolute Gasteiger partial charge is 0.220 e. The number of fused-ring (bicyclic) bond motifs is 1. The van der Waals surface area contributed by atoms with Gasteiger partial charge in [-0.15, -0.1) is 0 Å². The lowest BCUT2D eigenvalue weighted by molar-refractivity contribution is -0.121. The Morgan fingerprint density at radius 3 is 2.39 bits per heavy atom. The quantitative estimate of drug-likeness (QED) is 0.769. The molecule has 0 bridgehead atoms. The fraction of sp³-hybridized carbons (Fsp3) is 0.857. The molecule has 1 amide bonds. The monoisotopic (exact) mass is 253 g/mol. The zero-order valence-electron chi connectivity index (χ0n) is 12.4. The molecule has 4 nitrogen and oxygen atoms in total. The van der Waals surface area contributed by atoms with E-state index in [-0.39, 0.29) is 11.4 Å². The second-order valence-electron chi connectivity index (χ2n) is 4.65. The highest BCUT2D eigenvalue weighted by Gasteiger charge is 2.60. The standard InChI is InChI=1S/C9H13N3O.C3H8.C2H6/c1-2-8(13)11-9-3-7(9)4-12(5-9)6-10;1-3-2;1-2/h7H,2-5H2,1H3,(H,11,13);3H2,1-2H3;1-2H3. The second-order valence-corrected chi connectivity index (χ2v) is 4.65. The SMILES string of the molecule is CC.CCC.CCC(=O)NC12CC1CN(C#N)C2. The molecule has 1 N–H and O–H groups in total. The molecule has 2 unspecified atom stereocenters. The van der Waals surface area contributed by atoms with E-state index in [0.29, 0.717) is 18.9 Å². The van der Waals surface area contributed by atoms with Crippen molar-refractivity contribution in [1.29, 1.82) is 5.26 Å². The summed E-state index contributed by atoms with van der Waals surface area (Å²) < 4.78 is 0. The van der Waals surface area contributed by atoms with Crippen molar-refractivity contribution in [2.24, 2.45) is 5.92 Å². The van der Waals surface area contributed by atoms with Crippen LogP contribution < -0.4 is 5.32 Å². The number of nitrogens with zero attached hydrogens (tertiary/aromatic N) is 2. The number of likely N-dealkylation sites (tertiary alicyclic amines) is 1. The van der Waals surface area contributed by atoms with Crippen LogP contribution in [0.15, 0.2) is 0 Å². The summed E-state index contributed by atoms with van der Waals surface area (Å²) >= 11 is 0. The van der Waals surface area contributed by atoms with Crippen molar-refractivity contribution in [2.75, 3.05) is 13.1 Å². The average Bonchev–Trinajstić information content (AvgIpc) is 2.93. The van der Waals surface area contributed by atoms with Crippen LogP contribution in [0.25, 0.3) is 0 Å². The molecule has 1 saturated carbocycles. The van der Waals surface area contributed by atoms with E-state index in [2.05, 4.69) is 25.4 Å². The van der Waals surface area contributed by atoms with E-state index in [1.807, 2.05) is 20.8 Å². The minimum absolute atomic E-state index is 0.0389. The van der Waals surface area contributed by atoms with Gasteiger partial charge < -0.3 is 10.2 Å². The summed E-state index contributed by atoms with van der Waals surface area (Å²) in [7, 11) is 0. The molecule has 0 spiro atoms. The lowest BCUT2D eigenvalue weighted by atomic mass is 10.2. The molecule has 0 aromatic heterocycles. The van der Waals surface area contributed by atoms with Crippen LogP contribution in [0.3, 0.4) is 0 Å². The molecule has 1 heterocycles. The Kier molecular flexibility index (Phi) is 7.42. The molecule has 1 aliphatic heterocycles. The number of nitrogens with one attached hydrogen (secondary N) is 1. The molecule has 0 radical (unpaired) electrons.